The highest BCUT2D eigenvalue weighted by atomic mass is 19.1. The minimum absolute atomic E-state index is 0.240. The Kier molecular flexibility index (Phi) is 4.01. The van der Waals surface area contributed by atoms with E-state index in [4.69, 9.17) is 4.74 Å². The van der Waals surface area contributed by atoms with E-state index < -0.39 is 0 Å². The number of benzene rings is 1. The summed E-state index contributed by atoms with van der Waals surface area (Å²) in [5.74, 6) is 1.36. The molecule has 3 aromatic rings. The first-order chi connectivity index (χ1) is 12.1. The molecular formula is C18H20FN5O. The van der Waals surface area contributed by atoms with Gasteiger partial charge in [-0.3, -0.25) is 4.57 Å². The topological polar surface area (TPSA) is 48.1 Å². The fraction of sp³-hybridized carbons (Fsp3) is 0.333. The first-order valence-corrected chi connectivity index (χ1v) is 8.30. The summed E-state index contributed by atoms with van der Waals surface area (Å²) in [7, 11) is 1.94. The molecule has 1 saturated heterocycles. The van der Waals surface area contributed by atoms with E-state index in [2.05, 4.69) is 9.97 Å². The molecular weight excluding hydrogens is 321 g/mol. The molecule has 0 atom stereocenters. The van der Waals surface area contributed by atoms with Crippen LogP contribution in [0, 0.1) is 12.7 Å². The number of imidazole rings is 2. The molecule has 0 N–H and O–H groups in total. The average molecular weight is 341 g/mol. The smallest absolute Gasteiger partial charge is 0.164 e. The molecule has 0 saturated carbocycles. The van der Waals surface area contributed by atoms with Crippen molar-refractivity contribution in [2.75, 3.05) is 31.2 Å². The van der Waals surface area contributed by atoms with E-state index in [9.17, 15) is 4.39 Å². The van der Waals surface area contributed by atoms with Crippen LogP contribution in [0.15, 0.2) is 36.8 Å². The van der Waals surface area contributed by atoms with Crippen LogP contribution in [0.1, 0.15) is 5.82 Å². The van der Waals surface area contributed by atoms with E-state index in [1.165, 1.54) is 0 Å². The van der Waals surface area contributed by atoms with Gasteiger partial charge in [0.25, 0.3) is 0 Å². The molecule has 6 nitrogen and oxygen atoms in total. The second-order valence-corrected chi connectivity index (χ2v) is 6.14. The van der Waals surface area contributed by atoms with E-state index >= 15 is 0 Å². The Balaban J connectivity index is 1.69. The highest BCUT2D eigenvalue weighted by Gasteiger charge is 2.17. The van der Waals surface area contributed by atoms with Crippen molar-refractivity contribution in [1.29, 1.82) is 0 Å². The van der Waals surface area contributed by atoms with Gasteiger partial charge in [0.1, 0.15) is 17.3 Å². The molecule has 25 heavy (non-hydrogen) atoms. The predicted molar refractivity (Wildman–Crippen MR) is 93.5 cm³/mol. The van der Waals surface area contributed by atoms with Crippen molar-refractivity contribution >= 4 is 5.69 Å². The Morgan fingerprint density at radius 2 is 2.00 bits per heavy atom. The van der Waals surface area contributed by atoms with Crippen molar-refractivity contribution in [3.05, 3.63) is 48.4 Å². The van der Waals surface area contributed by atoms with Crippen LogP contribution in [0.3, 0.4) is 0 Å². The van der Waals surface area contributed by atoms with Crippen LogP contribution in [-0.2, 0) is 11.8 Å². The molecule has 0 bridgehead atoms. The summed E-state index contributed by atoms with van der Waals surface area (Å²) in [5.41, 5.74) is 2.11. The predicted octanol–water partition coefficient (Wildman–Crippen LogP) is 2.56. The Hall–Kier alpha value is -2.67. The molecule has 2 aromatic heterocycles. The van der Waals surface area contributed by atoms with Gasteiger partial charge < -0.3 is 14.2 Å². The molecule has 4 rings (SSSR count). The number of morpholine rings is 1. The number of rotatable bonds is 3. The van der Waals surface area contributed by atoms with Gasteiger partial charge in [-0.2, -0.15) is 0 Å². The van der Waals surface area contributed by atoms with E-state index in [0.29, 0.717) is 37.8 Å². The summed E-state index contributed by atoms with van der Waals surface area (Å²) in [6.45, 7) is 4.62. The number of hydrogen-bond acceptors (Lipinski definition) is 4. The molecule has 1 aliphatic rings. The second kappa shape index (κ2) is 6.33. The molecule has 130 valence electrons. The SMILES string of the molecule is Cc1nc(-c2nccn2-c2ccc(N3CCOCC3)c(F)c2)cn1C. The third kappa shape index (κ3) is 2.91. The molecule has 0 unspecified atom stereocenters. The summed E-state index contributed by atoms with van der Waals surface area (Å²) in [6, 6.07) is 5.28. The van der Waals surface area contributed by atoms with Crippen molar-refractivity contribution in [3.63, 3.8) is 0 Å². The Labute approximate surface area is 145 Å². The monoisotopic (exact) mass is 341 g/mol. The van der Waals surface area contributed by atoms with Crippen molar-refractivity contribution in [1.82, 2.24) is 19.1 Å². The van der Waals surface area contributed by atoms with Gasteiger partial charge in [0, 0.05) is 44.8 Å². The highest BCUT2D eigenvalue weighted by Crippen LogP contribution is 2.26. The second-order valence-electron chi connectivity index (χ2n) is 6.14. The number of anilines is 1. The first-order valence-electron chi connectivity index (χ1n) is 8.30. The zero-order chi connectivity index (χ0) is 17.4. The summed E-state index contributed by atoms with van der Waals surface area (Å²) in [6.07, 6.45) is 5.45. The van der Waals surface area contributed by atoms with Crippen LogP contribution in [-0.4, -0.2) is 45.4 Å². The maximum absolute atomic E-state index is 14.7. The van der Waals surface area contributed by atoms with Gasteiger partial charge in [-0.1, -0.05) is 0 Å². The minimum Gasteiger partial charge on any atom is -0.378 e. The molecule has 7 heteroatoms. The van der Waals surface area contributed by atoms with Crippen LogP contribution in [0.5, 0.6) is 0 Å². The Morgan fingerprint density at radius 3 is 2.68 bits per heavy atom. The average Bonchev–Trinajstić information content (AvgIpc) is 3.23. The van der Waals surface area contributed by atoms with Crippen LogP contribution in [0.4, 0.5) is 10.1 Å². The van der Waals surface area contributed by atoms with Gasteiger partial charge in [-0.25, -0.2) is 14.4 Å². The molecule has 1 fully saturated rings. The first kappa shape index (κ1) is 15.8. The molecule has 3 heterocycles. The van der Waals surface area contributed by atoms with E-state index in [1.54, 1.807) is 12.3 Å². The summed E-state index contributed by atoms with van der Waals surface area (Å²) >= 11 is 0. The maximum atomic E-state index is 14.7. The Bertz CT molecular complexity index is 875. The number of aryl methyl sites for hydroxylation is 2. The summed E-state index contributed by atoms with van der Waals surface area (Å²) in [5, 5.41) is 0. The van der Waals surface area contributed by atoms with Crippen molar-refractivity contribution < 1.29 is 9.13 Å². The number of halogens is 1. The quantitative estimate of drug-likeness (QED) is 0.735. The molecule has 0 aliphatic carbocycles. The largest absolute Gasteiger partial charge is 0.378 e. The number of aromatic nitrogens is 4. The summed E-state index contributed by atoms with van der Waals surface area (Å²) < 4.78 is 23.8. The molecule has 0 amide bonds. The zero-order valence-electron chi connectivity index (χ0n) is 14.3. The molecule has 0 radical (unpaired) electrons. The van der Waals surface area contributed by atoms with Gasteiger partial charge in [-0.05, 0) is 19.1 Å². The maximum Gasteiger partial charge on any atom is 0.164 e. The van der Waals surface area contributed by atoms with E-state index in [-0.39, 0.29) is 5.82 Å². The van der Waals surface area contributed by atoms with Gasteiger partial charge in [-0.15, -0.1) is 0 Å². The van der Waals surface area contributed by atoms with Crippen LogP contribution in [0.25, 0.3) is 17.2 Å². The number of nitrogens with zero attached hydrogens (tertiary/aromatic N) is 5. The standard InChI is InChI=1S/C18H20FN5O/c1-13-21-16(12-22(13)2)18-20-5-6-24(18)14-3-4-17(15(19)11-14)23-7-9-25-10-8-23/h3-6,11-12H,7-10H2,1-2H3. The lowest BCUT2D eigenvalue weighted by atomic mass is 10.2. The van der Waals surface area contributed by atoms with Crippen molar-refractivity contribution in [2.24, 2.45) is 7.05 Å². The highest BCUT2D eigenvalue weighted by molar-refractivity contribution is 5.57. The molecule has 1 aliphatic heterocycles. The third-order valence-electron chi connectivity index (χ3n) is 4.54. The zero-order valence-corrected chi connectivity index (χ0v) is 14.3. The molecule has 1 aromatic carbocycles. The van der Waals surface area contributed by atoms with E-state index in [1.807, 2.05) is 52.5 Å². The minimum atomic E-state index is -0.240. The van der Waals surface area contributed by atoms with Crippen molar-refractivity contribution in [2.45, 2.75) is 6.92 Å². The van der Waals surface area contributed by atoms with Crippen LogP contribution >= 0.6 is 0 Å². The van der Waals surface area contributed by atoms with E-state index in [0.717, 1.165) is 17.2 Å². The fourth-order valence-corrected chi connectivity index (χ4v) is 3.07. The van der Waals surface area contributed by atoms with Crippen molar-refractivity contribution in [3.8, 4) is 17.2 Å². The van der Waals surface area contributed by atoms with Crippen LogP contribution < -0.4 is 4.90 Å². The van der Waals surface area contributed by atoms with Gasteiger partial charge >= 0.3 is 0 Å². The number of hydrogen-bond donors (Lipinski definition) is 0. The van der Waals surface area contributed by atoms with Gasteiger partial charge in [0.15, 0.2) is 5.82 Å². The van der Waals surface area contributed by atoms with Gasteiger partial charge in [0.2, 0.25) is 0 Å². The lowest BCUT2D eigenvalue weighted by molar-refractivity contribution is 0.122. The lowest BCUT2D eigenvalue weighted by Crippen LogP contribution is -2.36. The normalized spacial score (nSPS) is 14.9. The lowest BCUT2D eigenvalue weighted by Gasteiger charge is -2.29. The fourth-order valence-electron chi connectivity index (χ4n) is 3.07. The molecule has 0 spiro atoms. The van der Waals surface area contributed by atoms with Crippen LogP contribution in [0.2, 0.25) is 0 Å². The summed E-state index contributed by atoms with van der Waals surface area (Å²) in [4.78, 5) is 10.9. The van der Waals surface area contributed by atoms with Gasteiger partial charge in [0.05, 0.1) is 24.6 Å². The third-order valence-corrected chi connectivity index (χ3v) is 4.54. The number of ether oxygens (including phenoxy) is 1. The Morgan fingerprint density at radius 1 is 1.20 bits per heavy atom.